The summed E-state index contributed by atoms with van der Waals surface area (Å²) in [4.78, 5) is 23.4. The van der Waals surface area contributed by atoms with Gasteiger partial charge in [0.05, 0.1) is 0 Å². The van der Waals surface area contributed by atoms with Crippen LogP contribution in [0.3, 0.4) is 0 Å². The van der Waals surface area contributed by atoms with Crippen LogP contribution in [0, 0.1) is 17.3 Å². The standard InChI is InChI=1S/C14H25NO3/c1-5-9(2)11(13(17)18)15-12(16)10-7-6-8-14(10,3)4/h9-11H,5-8H2,1-4H3,(H,15,16)(H,17,18)/t9-,10?,11-/m0/s1. The molecular weight excluding hydrogens is 230 g/mol. The number of amides is 1. The van der Waals surface area contributed by atoms with Crippen molar-refractivity contribution in [1.82, 2.24) is 5.32 Å². The normalized spacial score (nSPS) is 25.4. The Morgan fingerprint density at radius 3 is 2.44 bits per heavy atom. The first-order valence-electron chi connectivity index (χ1n) is 6.82. The van der Waals surface area contributed by atoms with Gasteiger partial charge >= 0.3 is 5.97 Å². The predicted molar refractivity (Wildman–Crippen MR) is 70.1 cm³/mol. The topological polar surface area (TPSA) is 66.4 Å². The monoisotopic (exact) mass is 255 g/mol. The Morgan fingerprint density at radius 1 is 1.44 bits per heavy atom. The van der Waals surface area contributed by atoms with E-state index in [1.54, 1.807) is 0 Å². The molecule has 4 heteroatoms. The maximum atomic E-state index is 12.2. The Bertz CT molecular complexity index is 325. The number of rotatable bonds is 5. The van der Waals surface area contributed by atoms with E-state index in [1.165, 1.54) is 0 Å². The summed E-state index contributed by atoms with van der Waals surface area (Å²) in [5.41, 5.74) is -0.0113. The maximum absolute atomic E-state index is 12.2. The fourth-order valence-electron chi connectivity index (χ4n) is 2.75. The van der Waals surface area contributed by atoms with E-state index >= 15 is 0 Å². The van der Waals surface area contributed by atoms with Crippen LogP contribution in [0.4, 0.5) is 0 Å². The van der Waals surface area contributed by atoms with E-state index in [-0.39, 0.29) is 23.2 Å². The minimum Gasteiger partial charge on any atom is -0.480 e. The van der Waals surface area contributed by atoms with Gasteiger partial charge in [0.2, 0.25) is 5.91 Å². The number of carbonyl (C=O) groups is 2. The first-order chi connectivity index (χ1) is 8.29. The smallest absolute Gasteiger partial charge is 0.326 e. The molecule has 0 aromatic carbocycles. The van der Waals surface area contributed by atoms with Crippen molar-refractivity contribution < 1.29 is 14.7 Å². The van der Waals surface area contributed by atoms with Gasteiger partial charge in [0.15, 0.2) is 0 Å². The van der Waals surface area contributed by atoms with E-state index < -0.39 is 12.0 Å². The Kier molecular flexibility index (Phi) is 4.77. The van der Waals surface area contributed by atoms with E-state index in [2.05, 4.69) is 19.2 Å². The summed E-state index contributed by atoms with van der Waals surface area (Å²) in [6.45, 7) is 7.97. The Balaban J connectivity index is 2.70. The first kappa shape index (κ1) is 15.0. The van der Waals surface area contributed by atoms with Crippen molar-refractivity contribution in [3.8, 4) is 0 Å². The summed E-state index contributed by atoms with van der Waals surface area (Å²) in [6, 6.07) is -0.765. The Hall–Kier alpha value is -1.06. The molecule has 1 unspecified atom stereocenters. The number of carboxylic acids is 1. The van der Waals surface area contributed by atoms with Crippen molar-refractivity contribution in [3.63, 3.8) is 0 Å². The van der Waals surface area contributed by atoms with Gasteiger partial charge in [0.25, 0.3) is 0 Å². The van der Waals surface area contributed by atoms with Gasteiger partial charge in [0.1, 0.15) is 6.04 Å². The molecular formula is C14H25NO3. The van der Waals surface area contributed by atoms with E-state index in [0.717, 1.165) is 25.7 Å². The summed E-state index contributed by atoms with van der Waals surface area (Å²) >= 11 is 0. The average Bonchev–Trinajstić information content (AvgIpc) is 2.64. The van der Waals surface area contributed by atoms with Gasteiger partial charge in [-0.05, 0) is 24.2 Å². The van der Waals surface area contributed by atoms with E-state index in [9.17, 15) is 14.7 Å². The molecule has 0 radical (unpaired) electrons. The third-order valence-electron chi connectivity index (χ3n) is 4.35. The summed E-state index contributed by atoms with van der Waals surface area (Å²) in [5.74, 6) is -1.13. The van der Waals surface area contributed by atoms with Crippen LogP contribution in [0.1, 0.15) is 53.4 Å². The maximum Gasteiger partial charge on any atom is 0.326 e. The van der Waals surface area contributed by atoms with Gasteiger partial charge in [-0.25, -0.2) is 4.79 Å². The fourth-order valence-corrected chi connectivity index (χ4v) is 2.75. The second kappa shape index (κ2) is 5.72. The van der Waals surface area contributed by atoms with Crippen LogP contribution in [0.5, 0.6) is 0 Å². The molecule has 0 spiro atoms. The van der Waals surface area contributed by atoms with Crippen LogP contribution in [-0.4, -0.2) is 23.0 Å². The molecule has 3 atom stereocenters. The number of hydrogen-bond donors (Lipinski definition) is 2. The quantitative estimate of drug-likeness (QED) is 0.793. The van der Waals surface area contributed by atoms with Crippen molar-refractivity contribution in [2.24, 2.45) is 17.3 Å². The van der Waals surface area contributed by atoms with Gasteiger partial charge < -0.3 is 10.4 Å². The molecule has 0 aromatic rings. The third-order valence-corrected chi connectivity index (χ3v) is 4.35. The molecule has 1 saturated carbocycles. The van der Waals surface area contributed by atoms with Crippen molar-refractivity contribution in [1.29, 1.82) is 0 Å². The lowest BCUT2D eigenvalue weighted by molar-refractivity contribution is -0.144. The highest BCUT2D eigenvalue weighted by atomic mass is 16.4. The molecule has 1 amide bonds. The number of hydrogen-bond acceptors (Lipinski definition) is 2. The van der Waals surface area contributed by atoms with Gasteiger partial charge in [-0.3, -0.25) is 4.79 Å². The zero-order valence-corrected chi connectivity index (χ0v) is 11.8. The summed E-state index contributed by atoms with van der Waals surface area (Å²) < 4.78 is 0. The highest BCUT2D eigenvalue weighted by Gasteiger charge is 2.40. The van der Waals surface area contributed by atoms with Crippen LogP contribution in [0.25, 0.3) is 0 Å². The lowest BCUT2D eigenvalue weighted by Gasteiger charge is -2.28. The zero-order valence-electron chi connectivity index (χ0n) is 11.8. The SMILES string of the molecule is CC[C@H](C)[C@H](NC(=O)C1CCCC1(C)C)C(=O)O. The molecule has 0 saturated heterocycles. The Morgan fingerprint density at radius 2 is 2.06 bits per heavy atom. The van der Waals surface area contributed by atoms with Gasteiger partial charge in [-0.15, -0.1) is 0 Å². The molecule has 0 bridgehead atoms. The molecule has 4 nitrogen and oxygen atoms in total. The molecule has 1 fully saturated rings. The van der Waals surface area contributed by atoms with Crippen LogP contribution in [0.2, 0.25) is 0 Å². The molecule has 0 aliphatic heterocycles. The molecule has 18 heavy (non-hydrogen) atoms. The number of carboxylic acid groups (broad SMARTS) is 1. The number of nitrogens with one attached hydrogen (secondary N) is 1. The van der Waals surface area contributed by atoms with E-state index in [4.69, 9.17) is 0 Å². The second-order valence-corrected chi connectivity index (χ2v) is 6.14. The lowest BCUT2D eigenvalue weighted by Crippen LogP contribution is -2.48. The highest BCUT2D eigenvalue weighted by Crippen LogP contribution is 2.42. The molecule has 0 heterocycles. The molecule has 1 aliphatic carbocycles. The molecule has 104 valence electrons. The third kappa shape index (κ3) is 3.24. The van der Waals surface area contributed by atoms with Gasteiger partial charge in [-0.2, -0.15) is 0 Å². The Labute approximate surface area is 109 Å². The van der Waals surface area contributed by atoms with Crippen molar-refractivity contribution in [2.45, 2.75) is 59.4 Å². The van der Waals surface area contributed by atoms with Crippen molar-refractivity contribution >= 4 is 11.9 Å². The van der Waals surface area contributed by atoms with Crippen molar-refractivity contribution in [2.75, 3.05) is 0 Å². The summed E-state index contributed by atoms with van der Waals surface area (Å²) in [5, 5.41) is 11.9. The first-order valence-corrected chi connectivity index (χ1v) is 6.82. The van der Waals surface area contributed by atoms with Crippen LogP contribution in [-0.2, 0) is 9.59 Å². The predicted octanol–water partition coefficient (Wildman–Crippen LogP) is 2.43. The van der Waals surface area contributed by atoms with Crippen LogP contribution < -0.4 is 5.32 Å². The molecule has 0 aromatic heterocycles. The van der Waals surface area contributed by atoms with Gasteiger partial charge in [0, 0.05) is 5.92 Å². The molecule has 1 rings (SSSR count). The summed E-state index contributed by atoms with van der Waals surface area (Å²) in [6.07, 6.45) is 3.69. The van der Waals surface area contributed by atoms with Crippen LogP contribution >= 0.6 is 0 Å². The number of aliphatic carboxylic acids is 1. The summed E-state index contributed by atoms with van der Waals surface area (Å²) in [7, 11) is 0. The molecule has 2 N–H and O–H groups in total. The van der Waals surface area contributed by atoms with E-state index in [0.29, 0.717) is 0 Å². The minimum atomic E-state index is -0.937. The minimum absolute atomic E-state index is 0.0113. The molecule has 1 aliphatic rings. The number of carbonyl (C=O) groups excluding carboxylic acids is 1. The van der Waals surface area contributed by atoms with Gasteiger partial charge in [-0.1, -0.05) is 40.5 Å². The van der Waals surface area contributed by atoms with Crippen LogP contribution in [0.15, 0.2) is 0 Å². The van der Waals surface area contributed by atoms with E-state index in [1.807, 2.05) is 13.8 Å². The fraction of sp³-hybridized carbons (Fsp3) is 0.857. The average molecular weight is 255 g/mol. The lowest BCUT2D eigenvalue weighted by atomic mass is 9.81. The highest BCUT2D eigenvalue weighted by molar-refractivity contribution is 5.85. The zero-order chi connectivity index (χ0) is 13.9. The second-order valence-electron chi connectivity index (χ2n) is 6.14. The van der Waals surface area contributed by atoms with Crippen molar-refractivity contribution in [3.05, 3.63) is 0 Å². The largest absolute Gasteiger partial charge is 0.480 e.